The van der Waals surface area contributed by atoms with Crippen molar-refractivity contribution in [2.75, 3.05) is 7.11 Å². The van der Waals surface area contributed by atoms with Gasteiger partial charge in [-0.2, -0.15) is 0 Å². The number of aryl methyl sites for hydroxylation is 1. The lowest BCUT2D eigenvalue weighted by molar-refractivity contribution is 0.412. The van der Waals surface area contributed by atoms with Crippen molar-refractivity contribution in [3.63, 3.8) is 0 Å². The minimum atomic E-state index is 0.847. The second kappa shape index (κ2) is 7.74. The Labute approximate surface area is 98.1 Å². The molecule has 0 fully saturated rings. The highest BCUT2D eigenvalue weighted by Crippen LogP contribution is 2.12. The molecule has 90 valence electrons. The summed E-state index contributed by atoms with van der Waals surface area (Å²) in [5, 5.41) is 0. The molecule has 3 nitrogen and oxygen atoms in total. The number of methoxy groups -OCH3 is 1. The molecule has 0 aliphatic rings. The molecule has 0 saturated heterocycles. The van der Waals surface area contributed by atoms with Gasteiger partial charge in [-0.3, -0.25) is 0 Å². The maximum absolute atomic E-state index is 5.08. The molecular formula is C13H22N2O. The fraction of sp³-hybridized carbons (Fsp3) is 0.462. The van der Waals surface area contributed by atoms with Crippen LogP contribution in [0.5, 0.6) is 5.75 Å². The highest BCUT2D eigenvalue weighted by Gasteiger charge is 1.97. The molecule has 0 amide bonds. The Morgan fingerprint density at radius 2 is 1.69 bits per heavy atom. The summed E-state index contributed by atoms with van der Waals surface area (Å²) in [6, 6.07) is 3.84. The Morgan fingerprint density at radius 1 is 1.06 bits per heavy atom. The van der Waals surface area contributed by atoms with E-state index in [1.807, 2.05) is 63.5 Å². The molecule has 0 aromatic carbocycles. The number of nitrogens with zero attached hydrogens (tertiary/aromatic N) is 2. The zero-order valence-corrected chi connectivity index (χ0v) is 11.1. The molecule has 2 aromatic heterocycles. The molecule has 0 unspecified atom stereocenters. The number of rotatable bonds is 1. The summed E-state index contributed by atoms with van der Waals surface area (Å²) in [5.41, 5.74) is 1.97. The largest absolute Gasteiger partial charge is 0.495 e. The molecule has 0 saturated carbocycles. The number of aromatic nitrogens is 2. The highest BCUT2D eigenvalue weighted by atomic mass is 16.5. The fourth-order valence-electron chi connectivity index (χ4n) is 1.22. The first kappa shape index (κ1) is 14.5. The number of hydrogen-bond donors (Lipinski definition) is 0. The van der Waals surface area contributed by atoms with Gasteiger partial charge in [-0.05, 0) is 19.1 Å². The predicted molar refractivity (Wildman–Crippen MR) is 69.2 cm³/mol. The zero-order valence-electron chi connectivity index (χ0n) is 11.1. The smallest absolute Gasteiger partial charge is 0.137 e. The quantitative estimate of drug-likeness (QED) is 0.735. The van der Waals surface area contributed by atoms with E-state index in [0.29, 0.717) is 0 Å². The number of hydrogen-bond acceptors (Lipinski definition) is 2. The molecule has 2 aromatic rings. The molecule has 2 rings (SSSR count). The Bertz CT molecular complexity index is 407. The van der Waals surface area contributed by atoms with Gasteiger partial charge in [-0.1, -0.05) is 27.7 Å². The first-order valence-corrected chi connectivity index (χ1v) is 5.79. The third-order valence-electron chi connectivity index (χ3n) is 1.78. The van der Waals surface area contributed by atoms with Crippen LogP contribution in [0.4, 0.5) is 0 Å². The van der Waals surface area contributed by atoms with Crippen LogP contribution in [0.2, 0.25) is 0 Å². The van der Waals surface area contributed by atoms with Gasteiger partial charge in [0.25, 0.3) is 0 Å². The van der Waals surface area contributed by atoms with Crippen LogP contribution in [0, 0.1) is 6.92 Å². The second-order valence-electron chi connectivity index (χ2n) is 2.72. The van der Waals surface area contributed by atoms with Gasteiger partial charge in [0.15, 0.2) is 0 Å². The Morgan fingerprint density at radius 3 is 2.25 bits per heavy atom. The Hall–Kier alpha value is -1.51. The van der Waals surface area contributed by atoms with Crippen LogP contribution in [0.1, 0.15) is 33.4 Å². The summed E-state index contributed by atoms with van der Waals surface area (Å²) in [6.07, 6.45) is 3.88. The van der Waals surface area contributed by atoms with Crippen molar-refractivity contribution in [2.45, 2.75) is 34.6 Å². The van der Waals surface area contributed by atoms with E-state index in [1.165, 1.54) is 0 Å². The summed E-state index contributed by atoms with van der Waals surface area (Å²) in [6.45, 7) is 9.97. The molecular weight excluding hydrogens is 200 g/mol. The normalized spacial score (nSPS) is 8.62. The lowest BCUT2D eigenvalue weighted by Gasteiger charge is -1.98. The minimum Gasteiger partial charge on any atom is -0.495 e. The molecule has 3 heteroatoms. The van der Waals surface area contributed by atoms with Crippen molar-refractivity contribution < 1.29 is 4.74 Å². The summed E-state index contributed by atoms with van der Waals surface area (Å²) in [4.78, 5) is 4.30. The van der Waals surface area contributed by atoms with Gasteiger partial charge in [0.1, 0.15) is 11.4 Å². The topological polar surface area (TPSA) is 26.5 Å². The van der Waals surface area contributed by atoms with Crippen LogP contribution in [0.15, 0.2) is 24.5 Å². The SMILES string of the molecule is CC.CC.COc1ccc2nc(C)cn2c1. The third-order valence-corrected chi connectivity index (χ3v) is 1.78. The third kappa shape index (κ3) is 3.57. The van der Waals surface area contributed by atoms with Crippen LogP contribution >= 0.6 is 0 Å². The van der Waals surface area contributed by atoms with Gasteiger partial charge >= 0.3 is 0 Å². The molecule has 0 atom stereocenters. The number of pyridine rings is 1. The van der Waals surface area contributed by atoms with Crippen molar-refractivity contribution in [2.24, 2.45) is 0 Å². The van der Waals surface area contributed by atoms with E-state index in [4.69, 9.17) is 4.74 Å². The highest BCUT2D eigenvalue weighted by molar-refractivity contribution is 5.42. The summed E-state index contributed by atoms with van der Waals surface area (Å²) < 4.78 is 7.04. The average Bonchev–Trinajstić information content (AvgIpc) is 2.73. The van der Waals surface area contributed by atoms with Crippen LogP contribution < -0.4 is 4.74 Å². The Kier molecular flexibility index (Phi) is 7.01. The van der Waals surface area contributed by atoms with Crippen molar-refractivity contribution in [3.05, 3.63) is 30.2 Å². The molecule has 2 heterocycles. The van der Waals surface area contributed by atoms with E-state index in [0.717, 1.165) is 17.1 Å². The van der Waals surface area contributed by atoms with Gasteiger partial charge in [-0.15, -0.1) is 0 Å². The molecule has 0 radical (unpaired) electrons. The van der Waals surface area contributed by atoms with Gasteiger partial charge in [0, 0.05) is 6.20 Å². The first-order chi connectivity index (χ1) is 7.79. The zero-order chi connectivity index (χ0) is 12.6. The van der Waals surface area contributed by atoms with Crippen LogP contribution in [-0.2, 0) is 0 Å². The van der Waals surface area contributed by atoms with Gasteiger partial charge in [-0.25, -0.2) is 4.98 Å². The number of imidazole rings is 1. The van der Waals surface area contributed by atoms with Crippen LogP contribution in [0.3, 0.4) is 0 Å². The molecule has 0 aliphatic carbocycles. The van der Waals surface area contributed by atoms with Crippen molar-refractivity contribution >= 4 is 5.65 Å². The van der Waals surface area contributed by atoms with Crippen LogP contribution in [-0.4, -0.2) is 16.5 Å². The number of fused-ring (bicyclic) bond motifs is 1. The van der Waals surface area contributed by atoms with E-state index in [1.54, 1.807) is 7.11 Å². The Balaban J connectivity index is 0.000000509. The molecule has 0 spiro atoms. The van der Waals surface area contributed by atoms with Crippen molar-refractivity contribution in [1.29, 1.82) is 0 Å². The van der Waals surface area contributed by atoms with E-state index in [2.05, 4.69) is 4.98 Å². The maximum Gasteiger partial charge on any atom is 0.137 e. The van der Waals surface area contributed by atoms with Crippen molar-refractivity contribution in [3.8, 4) is 5.75 Å². The molecule has 16 heavy (non-hydrogen) atoms. The lowest BCUT2D eigenvalue weighted by atomic mass is 10.4. The summed E-state index contributed by atoms with van der Waals surface area (Å²) in [7, 11) is 1.66. The van der Waals surface area contributed by atoms with Crippen LogP contribution in [0.25, 0.3) is 5.65 Å². The molecule has 0 bridgehead atoms. The minimum absolute atomic E-state index is 0.847. The van der Waals surface area contributed by atoms with E-state index < -0.39 is 0 Å². The van der Waals surface area contributed by atoms with E-state index in [9.17, 15) is 0 Å². The summed E-state index contributed by atoms with van der Waals surface area (Å²) in [5.74, 6) is 0.847. The lowest BCUT2D eigenvalue weighted by Crippen LogP contribution is -1.86. The average molecular weight is 222 g/mol. The maximum atomic E-state index is 5.08. The summed E-state index contributed by atoms with van der Waals surface area (Å²) >= 11 is 0. The first-order valence-electron chi connectivity index (χ1n) is 5.79. The predicted octanol–water partition coefficient (Wildman–Crippen LogP) is 3.70. The monoisotopic (exact) mass is 222 g/mol. The van der Waals surface area contributed by atoms with Crippen molar-refractivity contribution in [1.82, 2.24) is 9.38 Å². The molecule has 0 aliphatic heterocycles. The second-order valence-corrected chi connectivity index (χ2v) is 2.72. The fourth-order valence-corrected chi connectivity index (χ4v) is 1.22. The number of ether oxygens (including phenoxy) is 1. The van der Waals surface area contributed by atoms with E-state index >= 15 is 0 Å². The van der Waals surface area contributed by atoms with E-state index in [-0.39, 0.29) is 0 Å². The standard InChI is InChI=1S/C9H10N2O.2C2H6/c1-7-5-11-6-8(12-2)3-4-9(11)10-7;2*1-2/h3-6H,1-2H3;2*1-2H3. The van der Waals surface area contributed by atoms with Gasteiger partial charge in [0.2, 0.25) is 0 Å². The van der Waals surface area contributed by atoms with Gasteiger partial charge < -0.3 is 9.14 Å². The van der Waals surface area contributed by atoms with Gasteiger partial charge in [0.05, 0.1) is 19.0 Å². The molecule has 0 N–H and O–H groups in total.